The Morgan fingerprint density at radius 1 is 1.45 bits per heavy atom. The van der Waals surface area contributed by atoms with Crippen LogP contribution in [0.1, 0.15) is 11.3 Å². The Bertz CT molecular complexity index is 715. The predicted molar refractivity (Wildman–Crippen MR) is 76.3 cm³/mol. The van der Waals surface area contributed by atoms with Crippen molar-refractivity contribution in [3.63, 3.8) is 0 Å². The van der Waals surface area contributed by atoms with Crippen LogP contribution in [0.5, 0.6) is 0 Å². The van der Waals surface area contributed by atoms with Gasteiger partial charge >= 0.3 is 0 Å². The van der Waals surface area contributed by atoms with Gasteiger partial charge in [-0.3, -0.25) is 0 Å². The Morgan fingerprint density at radius 2 is 2.15 bits per heavy atom. The van der Waals surface area contributed by atoms with Gasteiger partial charge < -0.3 is 5.73 Å². The molecule has 0 spiro atoms. The lowest BCUT2D eigenvalue weighted by Gasteiger charge is -2.17. The van der Waals surface area contributed by atoms with Crippen molar-refractivity contribution in [2.75, 3.05) is 12.8 Å². The molecule has 8 heteroatoms. The van der Waals surface area contributed by atoms with Gasteiger partial charge in [-0.25, -0.2) is 17.8 Å². The summed E-state index contributed by atoms with van der Waals surface area (Å²) in [6.45, 7) is 1.56. The first-order chi connectivity index (χ1) is 9.32. The van der Waals surface area contributed by atoms with Crippen molar-refractivity contribution in [1.82, 2.24) is 9.29 Å². The summed E-state index contributed by atoms with van der Waals surface area (Å²) in [4.78, 5) is 3.61. The van der Waals surface area contributed by atoms with E-state index in [0.29, 0.717) is 5.69 Å². The Morgan fingerprint density at radius 3 is 2.75 bits per heavy atom. The molecule has 2 aromatic rings. The third-order valence-electron chi connectivity index (χ3n) is 2.80. The maximum absolute atomic E-state index is 14.0. The van der Waals surface area contributed by atoms with E-state index in [2.05, 4.69) is 4.98 Å². The molecule has 0 bridgehead atoms. The molecular formula is C12H14FN3O2S2. The lowest BCUT2D eigenvalue weighted by atomic mass is 10.2. The summed E-state index contributed by atoms with van der Waals surface area (Å²) in [5, 5.41) is 1.74. The lowest BCUT2D eigenvalue weighted by Crippen LogP contribution is -2.27. The molecule has 5 nitrogen and oxygen atoms in total. The third kappa shape index (κ3) is 2.82. The molecule has 20 heavy (non-hydrogen) atoms. The number of halogens is 1. The van der Waals surface area contributed by atoms with E-state index in [-0.39, 0.29) is 17.8 Å². The summed E-state index contributed by atoms with van der Waals surface area (Å²) in [5.41, 5.74) is 8.24. The first kappa shape index (κ1) is 14.9. The van der Waals surface area contributed by atoms with Crippen LogP contribution >= 0.6 is 11.3 Å². The van der Waals surface area contributed by atoms with Gasteiger partial charge in [0, 0.05) is 18.1 Å². The number of aryl methyl sites for hydroxylation is 1. The molecule has 0 unspecified atom stereocenters. The van der Waals surface area contributed by atoms with Crippen LogP contribution < -0.4 is 5.73 Å². The molecule has 0 amide bonds. The largest absolute Gasteiger partial charge is 0.399 e. The van der Waals surface area contributed by atoms with Crippen molar-refractivity contribution >= 4 is 27.0 Å². The molecule has 2 rings (SSSR count). The fourth-order valence-corrected chi connectivity index (χ4v) is 3.61. The summed E-state index contributed by atoms with van der Waals surface area (Å²) in [6.07, 6.45) is 0. The Hall–Kier alpha value is -1.51. The average molecular weight is 315 g/mol. The van der Waals surface area contributed by atoms with E-state index in [1.807, 2.05) is 0 Å². The highest BCUT2D eigenvalue weighted by Crippen LogP contribution is 2.24. The number of hydrogen-bond acceptors (Lipinski definition) is 5. The quantitative estimate of drug-likeness (QED) is 0.876. The number of thiazole rings is 1. The number of nitrogens with two attached hydrogens (primary N) is 1. The second kappa shape index (κ2) is 5.47. The van der Waals surface area contributed by atoms with Crippen LogP contribution in [-0.2, 0) is 16.6 Å². The van der Waals surface area contributed by atoms with Crippen LogP contribution in [0.2, 0.25) is 0 Å². The van der Waals surface area contributed by atoms with E-state index in [1.54, 1.807) is 10.9 Å². The number of rotatable bonds is 4. The van der Waals surface area contributed by atoms with Gasteiger partial charge in [0.05, 0.1) is 17.7 Å². The van der Waals surface area contributed by atoms with Crippen LogP contribution in [0.3, 0.4) is 0 Å². The maximum atomic E-state index is 14.0. The van der Waals surface area contributed by atoms with E-state index in [0.717, 1.165) is 10.4 Å². The van der Waals surface area contributed by atoms with E-state index < -0.39 is 20.7 Å². The van der Waals surface area contributed by atoms with Crippen molar-refractivity contribution < 1.29 is 12.8 Å². The van der Waals surface area contributed by atoms with Gasteiger partial charge in [-0.05, 0) is 24.6 Å². The molecular weight excluding hydrogens is 301 g/mol. The summed E-state index contributed by atoms with van der Waals surface area (Å²) in [7, 11) is -2.57. The van der Waals surface area contributed by atoms with E-state index in [4.69, 9.17) is 5.73 Å². The summed E-state index contributed by atoms with van der Waals surface area (Å²) in [5.74, 6) is -0.774. The van der Waals surface area contributed by atoms with E-state index >= 15 is 0 Å². The number of nitrogens with zero attached hydrogens (tertiary/aromatic N) is 2. The molecule has 2 N–H and O–H groups in total. The van der Waals surface area contributed by atoms with E-state index in [1.165, 1.54) is 31.4 Å². The fraction of sp³-hybridized carbons (Fsp3) is 0.250. The maximum Gasteiger partial charge on any atom is 0.246 e. The zero-order valence-corrected chi connectivity index (χ0v) is 12.6. The summed E-state index contributed by atoms with van der Waals surface area (Å²) < 4.78 is 39.9. The molecule has 1 heterocycles. The smallest absolute Gasteiger partial charge is 0.246 e. The van der Waals surface area contributed by atoms with Crippen LogP contribution in [-0.4, -0.2) is 24.8 Å². The second-order valence-electron chi connectivity index (χ2n) is 4.39. The number of aromatic nitrogens is 1. The van der Waals surface area contributed by atoms with Crippen LogP contribution in [0.15, 0.2) is 27.9 Å². The SMILES string of the molecule is Cc1cc(N)cc(S(=O)(=O)N(C)Cc2cscn2)c1F. The molecule has 108 valence electrons. The van der Waals surface area contributed by atoms with Gasteiger partial charge in [0.2, 0.25) is 10.0 Å². The molecule has 0 aliphatic rings. The highest BCUT2D eigenvalue weighted by atomic mass is 32.2. The molecule has 1 aromatic carbocycles. The fourth-order valence-electron chi connectivity index (χ4n) is 1.75. The van der Waals surface area contributed by atoms with Gasteiger partial charge in [-0.2, -0.15) is 4.31 Å². The normalized spacial score (nSPS) is 12.0. The number of nitrogen functional groups attached to an aromatic ring is 1. The first-order valence-electron chi connectivity index (χ1n) is 5.71. The molecule has 0 aliphatic heterocycles. The molecule has 0 aliphatic carbocycles. The zero-order valence-electron chi connectivity index (χ0n) is 11.0. The molecule has 0 atom stereocenters. The zero-order chi connectivity index (χ0) is 14.9. The molecule has 0 radical (unpaired) electrons. The molecule has 1 aromatic heterocycles. The Kier molecular flexibility index (Phi) is 4.07. The first-order valence-corrected chi connectivity index (χ1v) is 8.09. The van der Waals surface area contributed by atoms with Crippen molar-refractivity contribution in [2.24, 2.45) is 0 Å². The van der Waals surface area contributed by atoms with Crippen LogP contribution in [0.4, 0.5) is 10.1 Å². The standard InChI is InChI=1S/C12H14FN3O2S2/c1-8-3-9(14)4-11(12(8)13)20(17,18)16(2)5-10-6-19-7-15-10/h3-4,6-7H,5,14H2,1-2H3. The molecule has 0 saturated heterocycles. The highest BCUT2D eigenvalue weighted by molar-refractivity contribution is 7.89. The monoisotopic (exact) mass is 315 g/mol. The Labute approximate surface area is 120 Å². The Balaban J connectivity index is 2.40. The molecule has 0 fully saturated rings. The summed E-state index contributed by atoms with van der Waals surface area (Å²) in [6, 6.07) is 2.53. The van der Waals surface area contributed by atoms with Crippen molar-refractivity contribution in [2.45, 2.75) is 18.4 Å². The minimum Gasteiger partial charge on any atom is -0.399 e. The van der Waals surface area contributed by atoms with Crippen LogP contribution in [0.25, 0.3) is 0 Å². The third-order valence-corrected chi connectivity index (χ3v) is 5.24. The molecule has 0 saturated carbocycles. The predicted octanol–water partition coefficient (Wildman–Crippen LogP) is 1.99. The van der Waals surface area contributed by atoms with Crippen molar-refractivity contribution in [1.29, 1.82) is 0 Å². The number of anilines is 1. The van der Waals surface area contributed by atoms with Gasteiger partial charge in [-0.15, -0.1) is 11.3 Å². The van der Waals surface area contributed by atoms with Gasteiger partial charge in [0.1, 0.15) is 10.7 Å². The number of benzene rings is 1. The van der Waals surface area contributed by atoms with Gasteiger partial charge in [-0.1, -0.05) is 0 Å². The number of hydrogen-bond donors (Lipinski definition) is 1. The van der Waals surface area contributed by atoms with Gasteiger partial charge in [0.15, 0.2) is 0 Å². The lowest BCUT2D eigenvalue weighted by molar-refractivity contribution is 0.456. The summed E-state index contributed by atoms with van der Waals surface area (Å²) >= 11 is 1.37. The average Bonchev–Trinajstić information content (AvgIpc) is 2.86. The number of sulfonamides is 1. The van der Waals surface area contributed by atoms with Crippen molar-refractivity contribution in [3.8, 4) is 0 Å². The minimum absolute atomic E-state index is 0.0825. The van der Waals surface area contributed by atoms with Gasteiger partial charge in [0.25, 0.3) is 0 Å². The topological polar surface area (TPSA) is 76.3 Å². The van der Waals surface area contributed by atoms with E-state index in [9.17, 15) is 12.8 Å². The van der Waals surface area contributed by atoms with Crippen LogP contribution in [0, 0.1) is 12.7 Å². The second-order valence-corrected chi connectivity index (χ2v) is 7.12. The van der Waals surface area contributed by atoms with Crippen molar-refractivity contribution in [3.05, 3.63) is 40.1 Å². The minimum atomic E-state index is -3.95. The highest BCUT2D eigenvalue weighted by Gasteiger charge is 2.26.